The van der Waals surface area contributed by atoms with Gasteiger partial charge in [0, 0.05) is 18.2 Å². The van der Waals surface area contributed by atoms with E-state index >= 15 is 0 Å². The average molecular weight is 436 g/mol. The van der Waals surface area contributed by atoms with Crippen molar-refractivity contribution in [1.29, 1.82) is 0 Å². The number of nitrogens with one attached hydrogen (secondary N) is 2. The van der Waals surface area contributed by atoms with Crippen LogP contribution in [0.15, 0.2) is 36.5 Å². The molecule has 0 saturated carbocycles. The van der Waals surface area contributed by atoms with Crippen molar-refractivity contribution in [2.24, 2.45) is 0 Å². The number of pyridine rings is 1. The van der Waals surface area contributed by atoms with E-state index in [1.54, 1.807) is 6.20 Å². The summed E-state index contributed by atoms with van der Waals surface area (Å²) in [7, 11) is 0. The number of hydrogen-bond acceptors (Lipinski definition) is 5. The molecule has 0 atom stereocenters. The molecule has 0 radical (unpaired) electrons. The second-order valence-electron chi connectivity index (χ2n) is 7.66. The molecule has 9 heteroatoms. The van der Waals surface area contributed by atoms with Crippen molar-refractivity contribution in [3.8, 4) is 11.3 Å². The lowest BCUT2D eigenvalue weighted by Crippen LogP contribution is -2.25. The lowest BCUT2D eigenvalue weighted by Gasteiger charge is -2.12. The summed E-state index contributed by atoms with van der Waals surface area (Å²) in [6, 6.07) is 9.97. The zero-order valence-electron chi connectivity index (χ0n) is 18.0. The molecule has 31 heavy (non-hydrogen) atoms. The molecule has 4 rings (SSSR count). The van der Waals surface area contributed by atoms with E-state index in [0.717, 1.165) is 22.2 Å². The SMILES string of the molecule is CCn1c(CNC(=O)c2cc(-c3ccccc3C)nc3c2cnn3C(C)C)n[nH]c1=S. The van der Waals surface area contributed by atoms with Gasteiger partial charge in [-0.05, 0) is 51.5 Å². The van der Waals surface area contributed by atoms with Crippen LogP contribution in [0.25, 0.3) is 22.3 Å². The summed E-state index contributed by atoms with van der Waals surface area (Å²) < 4.78 is 4.24. The van der Waals surface area contributed by atoms with Gasteiger partial charge >= 0.3 is 0 Å². The van der Waals surface area contributed by atoms with Gasteiger partial charge in [-0.3, -0.25) is 9.89 Å². The van der Waals surface area contributed by atoms with Gasteiger partial charge in [-0.15, -0.1) is 0 Å². The van der Waals surface area contributed by atoms with E-state index < -0.39 is 0 Å². The second kappa shape index (κ2) is 8.43. The molecule has 3 aromatic heterocycles. The van der Waals surface area contributed by atoms with Gasteiger partial charge in [0.2, 0.25) is 0 Å². The normalized spacial score (nSPS) is 11.4. The summed E-state index contributed by atoms with van der Waals surface area (Å²) in [5, 5.41) is 15.2. The molecule has 0 spiro atoms. The van der Waals surface area contributed by atoms with Gasteiger partial charge in [0.05, 0.1) is 29.4 Å². The number of nitrogens with zero attached hydrogens (tertiary/aromatic N) is 5. The van der Waals surface area contributed by atoms with E-state index in [-0.39, 0.29) is 18.5 Å². The zero-order chi connectivity index (χ0) is 22.1. The Morgan fingerprint density at radius 3 is 2.77 bits per heavy atom. The Hall–Kier alpha value is -3.33. The van der Waals surface area contributed by atoms with Crippen LogP contribution in [0.5, 0.6) is 0 Å². The third-order valence-electron chi connectivity index (χ3n) is 5.28. The molecule has 0 aliphatic heterocycles. The van der Waals surface area contributed by atoms with Crippen LogP contribution in [-0.4, -0.2) is 35.4 Å². The number of benzene rings is 1. The predicted molar refractivity (Wildman–Crippen MR) is 122 cm³/mol. The first-order valence-electron chi connectivity index (χ1n) is 10.3. The van der Waals surface area contributed by atoms with Crippen LogP contribution >= 0.6 is 12.2 Å². The molecule has 0 bridgehead atoms. The summed E-state index contributed by atoms with van der Waals surface area (Å²) in [5.74, 6) is 0.477. The third kappa shape index (κ3) is 3.88. The van der Waals surface area contributed by atoms with Gasteiger partial charge in [-0.25, -0.2) is 9.67 Å². The quantitative estimate of drug-likeness (QED) is 0.443. The minimum atomic E-state index is -0.206. The molecule has 160 valence electrons. The van der Waals surface area contributed by atoms with Crippen LogP contribution in [0.4, 0.5) is 0 Å². The Kier molecular flexibility index (Phi) is 5.69. The average Bonchev–Trinajstić information content (AvgIpc) is 3.34. The van der Waals surface area contributed by atoms with Crippen molar-refractivity contribution in [1.82, 2.24) is 34.8 Å². The summed E-state index contributed by atoms with van der Waals surface area (Å²) >= 11 is 5.23. The summed E-state index contributed by atoms with van der Waals surface area (Å²) in [5.41, 5.74) is 4.05. The number of fused-ring (bicyclic) bond motifs is 1. The van der Waals surface area contributed by atoms with Crippen molar-refractivity contribution in [2.75, 3.05) is 0 Å². The van der Waals surface area contributed by atoms with Crippen molar-refractivity contribution in [3.63, 3.8) is 0 Å². The lowest BCUT2D eigenvalue weighted by atomic mass is 10.0. The van der Waals surface area contributed by atoms with Crippen LogP contribution in [0.3, 0.4) is 0 Å². The van der Waals surface area contributed by atoms with Gasteiger partial charge in [0.1, 0.15) is 0 Å². The fourth-order valence-electron chi connectivity index (χ4n) is 3.65. The highest BCUT2D eigenvalue weighted by Gasteiger charge is 2.19. The molecule has 0 unspecified atom stereocenters. The Morgan fingerprint density at radius 2 is 2.06 bits per heavy atom. The van der Waals surface area contributed by atoms with Crippen LogP contribution in [0, 0.1) is 11.7 Å². The molecule has 3 heterocycles. The number of hydrogen-bond donors (Lipinski definition) is 2. The first-order valence-corrected chi connectivity index (χ1v) is 10.7. The van der Waals surface area contributed by atoms with Gasteiger partial charge in [0.15, 0.2) is 16.2 Å². The monoisotopic (exact) mass is 435 g/mol. The van der Waals surface area contributed by atoms with Crippen molar-refractivity contribution in [3.05, 3.63) is 58.3 Å². The lowest BCUT2D eigenvalue weighted by molar-refractivity contribution is 0.0951. The highest BCUT2D eigenvalue weighted by atomic mass is 32.1. The van der Waals surface area contributed by atoms with E-state index in [0.29, 0.717) is 28.4 Å². The Balaban J connectivity index is 1.77. The van der Waals surface area contributed by atoms with E-state index in [1.165, 1.54) is 0 Å². The van der Waals surface area contributed by atoms with Gasteiger partial charge < -0.3 is 9.88 Å². The molecule has 0 fully saturated rings. The summed E-state index contributed by atoms with van der Waals surface area (Å²) in [6.07, 6.45) is 1.71. The fourth-order valence-corrected chi connectivity index (χ4v) is 3.93. The smallest absolute Gasteiger partial charge is 0.252 e. The van der Waals surface area contributed by atoms with Gasteiger partial charge in [0.25, 0.3) is 5.91 Å². The first-order chi connectivity index (χ1) is 14.9. The second-order valence-corrected chi connectivity index (χ2v) is 8.05. The van der Waals surface area contributed by atoms with E-state index in [9.17, 15) is 4.79 Å². The number of carbonyl (C=O) groups excluding carboxylic acids is 1. The van der Waals surface area contributed by atoms with E-state index in [2.05, 4.69) is 20.6 Å². The number of carbonyl (C=O) groups is 1. The minimum absolute atomic E-state index is 0.117. The maximum Gasteiger partial charge on any atom is 0.252 e. The number of amides is 1. The number of aromatic amines is 1. The van der Waals surface area contributed by atoms with Crippen LogP contribution < -0.4 is 5.32 Å². The highest BCUT2D eigenvalue weighted by Crippen LogP contribution is 2.28. The Labute approximate surface area is 185 Å². The fraction of sp³-hybridized carbons (Fsp3) is 0.318. The molecule has 1 aromatic carbocycles. The number of rotatable bonds is 6. The Bertz CT molecular complexity index is 1320. The van der Waals surface area contributed by atoms with Crippen molar-refractivity contribution in [2.45, 2.75) is 46.8 Å². The van der Waals surface area contributed by atoms with E-state index in [1.807, 2.05) is 67.3 Å². The molecule has 0 saturated heterocycles. The molecular formula is C22H25N7OS. The highest BCUT2D eigenvalue weighted by molar-refractivity contribution is 7.71. The largest absolute Gasteiger partial charge is 0.345 e. The van der Waals surface area contributed by atoms with Gasteiger partial charge in [-0.1, -0.05) is 24.3 Å². The summed E-state index contributed by atoms with van der Waals surface area (Å²) in [4.78, 5) is 18.1. The molecule has 4 aromatic rings. The minimum Gasteiger partial charge on any atom is -0.345 e. The molecular weight excluding hydrogens is 410 g/mol. The van der Waals surface area contributed by atoms with Crippen LogP contribution in [-0.2, 0) is 13.1 Å². The molecule has 0 aliphatic carbocycles. The maximum absolute atomic E-state index is 13.2. The Morgan fingerprint density at radius 1 is 1.29 bits per heavy atom. The molecule has 8 nitrogen and oxygen atoms in total. The molecule has 0 aliphatic rings. The van der Waals surface area contributed by atoms with Crippen LogP contribution in [0.1, 0.15) is 48.6 Å². The number of H-pyrrole nitrogens is 1. The van der Waals surface area contributed by atoms with Crippen molar-refractivity contribution >= 4 is 29.2 Å². The molecule has 1 amide bonds. The standard InChI is InChI=1S/C22H25N7OS/c1-5-28-19(26-27-22(28)31)12-23-21(30)16-10-18(15-9-7-6-8-14(15)4)25-20-17(16)11-24-29(20)13(2)3/h6-11,13H,5,12H2,1-4H3,(H,23,30)(H,27,31). The molecule has 2 N–H and O–H groups in total. The van der Waals surface area contributed by atoms with Crippen molar-refractivity contribution < 1.29 is 4.79 Å². The summed E-state index contributed by atoms with van der Waals surface area (Å²) in [6.45, 7) is 9.05. The zero-order valence-corrected chi connectivity index (χ0v) is 18.8. The van der Waals surface area contributed by atoms with E-state index in [4.69, 9.17) is 17.2 Å². The first kappa shape index (κ1) is 20.9. The number of aryl methyl sites for hydroxylation is 1. The van der Waals surface area contributed by atoms with Gasteiger partial charge in [-0.2, -0.15) is 10.2 Å². The predicted octanol–water partition coefficient (Wildman–Crippen LogP) is 4.19. The maximum atomic E-state index is 13.2. The third-order valence-corrected chi connectivity index (χ3v) is 5.59. The topological polar surface area (TPSA) is 93.4 Å². The van der Waals surface area contributed by atoms with Crippen LogP contribution in [0.2, 0.25) is 0 Å². The number of aromatic nitrogens is 6.